The van der Waals surface area contributed by atoms with E-state index in [0.29, 0.717) is 11.8 Å². The number of carbonyl (C=O) groups excluding carboxylic acids is 1. The van der Waals surface area contributed by atoms with Crippen LogP contribution in [-0.4, -0.2) is 18.2 Å². The van der Waals surface area contributed by atoms with Gasteiger partial charge >= 0.3 is 0 Å². The zero-order valence-electron chi connectivity index (χ0n) is 12.5. The van der Waals surface area contributed by atoms with E-state index in [4.69, 9.17) is 0 Å². The molecule has 1 fully saturated rings. The first-order valence-electron chi connectivity index (χ1n) is 7.47. The number of rotatable bonds is 5. The van der Waals surface area contributed by atoms with Crippen LogP contribution in [-0.2, 0) is 4.79 Å². The maximum atomic E-state index is 12.8. The summed E-state index contributed by atoms with van der Waals surface area (Å²) in [4.78, 5) is 12.8. The van der Waals surface area contributed by atoms with Gasteiger partial charge in [0.2, 0.25) is 5.91 Å². The number of amides is 1. The van der Waals surface area contributed by atoms with E-state index >= 15 is 0 Å². The molecule has 23 heavy (non-hydrogen) atoms. The number of hydrogen-bond acceptors (Lipinski definition) is 4. The maximum Gasteiger partial charge on any atom is 0.234 e. The molecule has 6 heteroatoms. The average Bonchev–Trinajstić information content (AvgIpc) is 3.09. The molecule has 4 nitrogen and oxygen atoms in total. The first-order chi connectivity index (χ1) is 11.2. The number of thioether (sulfide) groups is 1. The van der Waals surface area contributed by atoms with E-state index in [9.17, 15) is 9.18 Å². The summed E-state index contributed by atoms with van der Waals surface area (Å²) in [6.07, 6.45) is 1.06. The van der Waals surface area contributed by atoms with Crippen LogP contribution in [0.5, 0.6) is 0 Å². The topological polar surface area (TPSA) is 53.2 Å². The highest BCUT2D eigenvalue weighted by Crippen LogP contribution is 2.21. The van der Waals surface area contributed by atoms with Crippen LogP contribution in [0, 0.1) is 5.82 Å². The van der Waals surface area contributed by atoms with Crippen molar-refractivity contribution in [3.05, 3.63) is 59.9 Å². The molecule has 0 bridgehead atoms. The summed E-state index contributed by atoms with van der Waals surface area (Å²) >= 11 is 1.38. The smallest absolute Gasteiger partial charge is 0.234 e. The number of carbonyl (C=O) groups is 1. The van der Waals surface area contributed by atoms with Gasteiger partial charge in [-0.25, -0.2) is 4.39 Å². The van der Waals surface area contributed by atoms with Crippen molar-refractivity contribution < 1.29 is 9.18 Å². The number of hydrazine groups is 1. The highest BCUT2D eigenvalue weighted by atomic mass is 32.2. The van der Waals surface area contributed by atoms with E-state index in [1.807, 2.05) is 24.3 Å². The molecule has 0 aliphatic carbocycles. The zero-order valence-corrected chi connectivity index (χ0v) is 13.3. The molecule has 0 radical (unpaired) electrons. The molecule has 1 amide bonds. The number of hydrogen-bond donors (Lipinski definition) is 3. The SMILES string of the molecule is O=C(CSc1ccc(F)cc1)Nc1ccc(C2CCNN2)cc1. The predicted octanol–water partition coefficient (Wildman–Crippen LogP) is 3.10. The van der Waals surface area contributed by atoms with E-state index in [2.05, 4.69) is 16.2 Å². The fraction of sp³-hybridized carbons (Fsp3) is 0.235. The van der Waals surface area contributed by atoms with Crippen molar-refractivity contribution in [2.75, 3.05) is 17.6 Å². The van der Waals surface area contributed by atoms with Gasteiger partial charge in [0.15, 0.2) is 0 Å². The van der Waals surface area contributed by atoms with Crippen molar-refractivity contribution in [1.29, 1.82) is 0 Å². The summed E-state index contributed by atoms with van der Waals surface area (Å²) in [5, 5.41) is 2.87. The quantitative estimate of drug-likeness (QED) is 0.737. The van der Waals surface area contributed by atoms with E-state index in [0.717, 1.165) is 23.5 Å². The van der Waals surface area contributed by atoms with E-state index in [-0.39, 0.29) is 11.7 Å². The van der Waals surface area contributed by atoms with E-state index in [1.54, 1.807) is 12.1 Å². The third-order valence-corrected chi connectivity index (χ3v) is 4.63. The van der Waals surface area contributed by atoms with Gasteiger partial charge in [-0.05, 0) is 48.4 Å². The molecule has 0 spiro atoms. The van der Waals surface area contributed by atoms with Gasteiger partial charge in [0.1, 0.15) is 5.82 Å². The van der Waals surface area contributed by atoms with Gasteiger partial charge in [-0.3, -0.25) is 15.6 Å². The molecule has 1 unspecified atom stereocenters. The minimum absolute atomic E-state index is 0.0762. The van der Waals surface area contributed by atoms with Crippen molar-refractivity contribution in [1.82, 2.24) is 10.9 Å². The van der Waals surface area contributed by atoms with E-state index in [1.165, 1.54) is 29.5 Å². The Labute approximate surface area is 138 Å². The minimum atomic E-state index is -0.272. The molecule has 1 aliphatic heterocycles. The zero-order chi connectivity index (χ0) is 16.1. The van der Waals surface area contributed by atoms with Crippen molar-refractivity contribution in [3.63, 3.8) is 0 Å². The molecule has 1 atom stereocenters. The minimum Gasteiger partial charge on any atom is -0.325 e. The Hall–Kier alpha value is -1.89. The molecular formula is C17H18FN3OS. The fourth-order valence-electron chi connectivity index (χ4n) is 2.41. The van der Waals surface area contributed by atoms with Gasteiger partial charge < -0.3 is 5.32 Å². The van der Waals surface area contributed by atoms with Crippen LogP contribution in [0.25, 0.3) is 0 Å². The van der Waals surface area contributed by atoms with Gasteiger partial charge in [-0.15, -0.1) is 11.8 Å². The van der Waals surface area contributed by atoms with Crippen LogP contribution in [0.15, 0.2) is 53.4 Å². The van der Waals surface area contributed by atoms with Crippen molar-refractivity contribution >= 4 is 23.4 Å². The molecule has 0 saturated carbocycles. The van der Waals surface area contributed by atoms with Gasteiger partial charge in [-0.1, -0.05) is 12.1 Å². The Morgan fingerprint density at radius 2 is 1.91 bits per heavy atom. The molecule has 1 aliphatic rings. The lowest BCUT2D eigenvalue weighted by Gasteiger charge is -2.11. The second-order valence-corrected chi connectivity index (χ2v) is 6.37. The van der Waals surface area contributed by atoms with E-state index < -0.39 is 0 Å². The average molecular weight is 331 g/mol. The second kappa shape index (κ2) is 7.59. The molecule has 1 saturated heterocycles. The third-order valence-electron chi connectivity index (χ3n) is 3.61. The van der Waals surface area contributed by atoms with Gasteiger partial charge in [-0.2, -0.15) is 0 Å². The summed E-state index contributed by atoms with van der Waals surface area (Å²) < 4.78 is 12.8. The molecule has 120 valence electrons. The van der Waals surface area contributed by atoms with Crippen LogP contribution in [0.4, 0.5) is 10.1 Å². The lowest BCUT2D eigenvalue weighted by Crippen LogP contribution is -2.24. The monoisotopic (exact) mass is 331 g/mol. The van der Waals surface area contributed by atoms with Gasteiger partial charge in [0.05, 0.1) is 5.75 Å². The normalized spacial score (nSPS) is 17.2. The van der Waals surface area contributed by atoms with Crippen LogP contribution in [0.2, 0.25) is 0 Å². The van der Waals surface area contributed by atoms with Gasteiger partial charge in [0, 0.05) is 23.2 Å². The Morgan fingerprint density at radius 3 is 2.57 bits per heavy atom. The Kier molecular flexibility index (Phi) is 5.27. The standard InChI is InChI=1S/C17H18FN3OS/c18-13-3-7-15(8-4-13)23-11-17(22)20-14-5-1-12(2-6-14)16-9-10-19-21-16/h1-8,16,19,21H,9-11H2,(H,20,22). The number of benzene rings is 2. The van der Waals surface area contributed by atoms with Crippen LogP contribution < -0.4 is 16.2 Å². The first-order valence-corrected chi connectivity index (χ1v) is 8.46. The molecule has 2 aromatic carbocycles. The van der Waals surface area contributed by atoms with Crippen LogP contribution in [0.3, 0.4) is 0 Å². The molecule has 3 N–H and O–H groups in total. The van der Waals surface area contributed by atoms with Crippen LogP contribution in [0.1, 0.15) is 18.0 Å². The summed E-state index contributed by atoms with van der Waals surface area (Å²) in [7, 11) is 0. The Morgan fingerprint density at radius 1 is 1.17 bits per heavy atom. The second-order valence-electron chi connectivity index (χ2n) is 5.33. The van der Waals surface area contributed by atoms with Crippen LogP contribution >= 0.6 is 11.8 Å². The maximum absolute atomic E-state index is 12.8. The summed E-state index contributed by atoms with van der Waals surface area (Å²) in [6, 6.07) is 14.3. The summed E-state index contributed by atoms with van der Waals surface area (Å²) in [5.74, 6) is -0.0554. The highest BCUT2D eigenvalue weighted by Gasteiger charge is 2.15. The fourth-order valence-corrected chi connectivity index (χ4v) is 3.11. The lowest BCUT2D eigenvalue weighted by molar-refractivity contribution is -0.113. The Balaban J connectivity index is 1.50. The highest BCUT2D eigenvalue weighted by molar-refractivity contribution is 8.00. The predicted molar refractivity (Wildman–Crippen MR) is 90.7 cm³/mol. The van der Waals surface area contributed by atoms with Gasteiger partial charge in [0.25, 0.3) is 0 Å². The summed E-state index contributed by atoms with van der Waals surface area (Å²) in [6.45, 7) is 0.962. The van der Waals surface area contributed by atoms with Crippen molar-refractivity contribution in [2.45, 2.75) is 17.4 Å². The third kappa shape index (κ3) is 4.54. The summed E-state index contributed by atoms with van der Waals surface area (Å²) in [5.41, 5.74) is 8.30. The van der Waals surface area contributed by atoms with Crippen molar-refractivity contribution in [3.8, 4) is 0 Å². The molecule has 0 aromatic heterocycles. The molecule has 1 heterocycles. The Bertz CT molecular complexity index is 655. The first kappa shape index (κ1) is 16.0. The molecule has 2 aromatic rings. The number of halogens is 1. The number of anilines is 1. The lowest BCUT2D eigenvalue weighted by atomic mass is 10.1. The van der Waals surface area contributed by atoms with Crippen molar-refractivity contribution in [2.24, 2.45) is 0 Å². The molecule has 3 rings (SSSR count). The largest absolute Gasteiger partial charge is 0.325 e. The number of nitrogens with one attached hydrogen (secondary N) is 3. The molecular weight excluding hydrogens is 313 g/mol.